The van der Waals surface area contributed by atoms with Crippen molar-refractivity contribution in [2.75, 3.05) is 13.2 Å². The molecule has 1 saturated heterocycles. The summed E-state index contributed by atoms with van der Waals surface area (Å²) in [6, 6.07) is -0.324. The van der Waals surface area contributed by atoms with Crippen molar-refractivity contribution in [1.29, 1.82) is 0 Å². The van der Waals surface area contributed by atoms with Crippen LogP contribution >= 0.6 is 0 Å². The van der Waals surface area contributed by atoms with Crippen LogP contribution in [0.2, 0.25) is 0 Å². The Balaban J connectivity index is 1.85. The normalized spacial score (nSPS) is 23.4. The van der Waals surface area contributed by atoms with Gasteiger partial charge in [-0.2, -0.15) is 0 Å². The Morgan fingerprint density at radius 2 is 1.74 bits per heavy atom. The van der Waals surface area contributed by atoms with Gasteiger partial charge < -0.3 is 14.6 Å². The van der Waals surface area contributed by atoms with Crippen LogP contribution in [0, 0.1) is 11.8 Å². The topological polar surface area (TPSA) is 93.1 Å². The van der Waals surface area contributed by atoms with Gasteiger partial charge >= 0.3 is 6.09 Å². The minimum Gasteiger partial charge on any atom is -0.482 e. The number of ether oxygens (including phenoxy) is 2. The third kappa shape index (κ3) is 7.20. The lowest BCUT2D eigenvalue weighted by Crippen LogP contribution is -2.48. The van der Waals surface area contributed by atoms with Gasteiger partial charge in [0.15, 0.2) is 11.9 Å². The first-order valence-electron chi connectivity index (χ1n) is 11.6. The minimum absolute atomic E-state index is 0.0654. The van der Waals surface area contributed by atoms with Crippen LogP contribution in [-0.4, -0.2) is 53.1 Å². The van der Waals surface area contributed by atoms with E-state index in [-0.39, 0.29) is 31.0 Å². The van der Waals surface area contributed by atoms with Crippen LogP contribution in [0.15, 0.2) is 24.0 Å². The molecule has 174 valence electrons. The number of carbonyl (C=O) groups is 3. The summed E-state index contributed by atoms with van der Waals surface area (Å²) >= 11 is 0. The molecular formula is C24H37NO6. The summed E-state index contributed by atoms with van der Waals surface area (Å²) < 4.78 is 10.9. The average Bonchev–Trinajstić information content (AvgIpc) is 3.14. The first kappa shape index (κ1) is 25.1. The maximum atomic E-state index is 13.0. The molecule has 2 aliphatic heterocycles. The molecule has 0 aromatic carbocycles. The van der Waals surface area contributed by atoms with E-state index in [1.165, 1.54) is 18.9 Å². The number of aliphatic hydroxyl groups is 1. The number of cyclic esters (lactones) is 1. The first-order chi connectivity index (χ1) is 14.9. The van der Waals surface area contributed by atoms with E-state index in [9.17, 15) is 14.4 Å². The molecular weight excluding hydrogens is 398 g/mol. The fourth-order valence-electron chi connectivity index (χ4n) is 3.88. The van der Waals surface area contributed by atoms with E-state index < -0.39 is 24.0 Å². The SMILES string of the molecule is CC(C)[C@@H]1COC(=O)N1C(=O)[C@H](C)[C@@H]1OC(=CCCCCCCCCCO)C=CC1=O. The Labute approximate surface area is 185 Å². The van der Waals surface area contributed by atoms with Crippen LogP contribution in [0.3, 0.4) is 0 Å². The maximum absolute atomic E-state index is 13.0. The van der Waals surface area contributed by atoms with Gasteiger partial charge in [-0.15, -0.1) is 0 Å². The fraction of sp³-hybridized carbons (Fsp3) is 0.708. The lowest BCUT2D eigenvalue weighted by Gasteiger charge is -2.30. The van der Waals surface area contributed by atoms with Crippen molar-refractivity contribution in [3.8, 4) is 0 Å². The largest absolute Gasteiger partial charge is 0.482 e. The number of hydrogen-bond acceptors (Lipinski definition) is 6. The van der Waals surface area contributed by atoms with Crippen molar-refractivity contribution >= 4 is 17.8 Å². The number of allylic oxidation sites excluding steroid dienone is 2. The van der Waals surface area contributed by atoms with E-state index in [1.807, 2.05) is 19.9 Å². The zero-order chi connectivity index (χ0) is 22.8. The van der Waals surface area contributed by atoms with Gasteiger partial charge in [-0.25, -0.2) is 9.69 Å². The monoisotopic (exact) mass is 435 g/mol. The molecule has 0 radical (unpaired) electrons. The third-order valence-electron chi connectivity index (χ3n) is 5.92. The number of nitrogens with zero attached hydrogens (tertiary/aromatic N) is 1. The van der Waals surface area contributed by atoms with Crippen LogP contribution in [0.1, 0.15) is 72.1 Å². The summed E-state index contributed by atoms with van der Waals surface area (Å²) in [5, 5.41) is 8.78. The van der Waals surface area contributed by atoms with Crippen LogP contribution < -0.4 is 0 Å². The summed E-state index contributed by atoms with van der Waals surface area (Å²) in [6.07, 6.45) is 11.9. The zero-order valence-corrected chi connectivity index (χ0v) is 19.0. The summed E-state index contributed by atoms with van der Waals surface area (Å²) in [5.41, 5.74) is 0. The second-order valence-electron chi connectivity index (χ2n) is 8.75. The summed E-state index contributed by atoms with van der Waals surface area (Å²) in [5.74, 6) is -0.830. The molecule has 0 spiro atoms. The van der Waals surface area contributed by atoms with E-state index in [2.05, 4.69) is 0 Å². The lowest BCUT2D eigenvalue weighted by molar-refractivity contribution is -0.143. The second-order valence-corrected chi connectivity index (χ2v) is 8.75. The Morgan fingerprint density at radius 3 is 2.39 bits per heavy atom. The predicted octanol–water partition coefficient (Wildman–Crippen LogP) is 4.15. The quantitative estimate of drug-likeness (QED) is 0.463. The van der Waals surface area contributed by atoms with Crippen LogP contribution in [-0.2, 0) is 19.1 Å². The van der Waals surface area contributed by atoms with Crippen molar-refractivity contribution < 1.29 is 29.0 Å². The Hall–Kier alpha value is -2.15. The van der Waals surface area contributed by atoms with E-state index in [0.717, 1.165) is 43.4 Å². The van der Waals surface area contributed by atoms with Gasteiger partial charge in [0, 0.05) is 6.61 Å². The van der Waals surface area contributed by atoms with Crippen molar-refractivity contribution in [1.82, 2.24) is 4.90 Å². The lowest BCUT2D eigenvalue weighted by atomic mass is 9.95. The summed E-state index contributed by atoms with van der Waals surface area (Å²) in [6.45, 7) is 5.94. The van der Waals surface area contributed by atoms with Crippen molar-refractivity contribution in [2.24, 2.45) is 11.8 Å². The van der Waals surface area contributed by atoms with Gasteiger partial charge in [0.25, 0.3) is 0 Å². The molecule has 7 heteroatoms. The number of aliphatic hydroxyl groups excluding tert-OH is 1. The Morgan fingerprint density at radius 1 is 1.10 bits per heavy atom. The molecule has 3 atom stereocenters. The van der Waals surface area contributed by atoms with Crippen LogP contribution in [0.25, 0.3) is 0 Å². The van der Waals surface area contributed by atoms with Gasteiger partial charge in [0.05, 0.1) is 12.0 Å². The highest BCUT2D eigenvalue weighted by molar-refractivity contribution is 6.01. The molecule has 2 heterocycles. The number of unbranched alkanes of at least 4 members (excludes halogenated alkanes) is 7. The molecule has 0 unspecified atom stereocenters. The van der Waals surface area contributed by atoms with E-state index in [1.54, 1.807) is 13.0 Å². The Bertz CT molecular complexity index is 684. The van der Waals surface area contributed by atoms with E-state index in [4.69, 9.17) is 14.6 Å². The number of amides is 2. The third-order valence-corrected chi connectivity index (χ3v) is 5.92. The van der Waals surface area contributed by atoms with Gasteiger partial charge in [-0.3, -0.25) is 9.59 Å². The fourth-order valence-corrected chi connectivity index (χ4v) is 3.88. The molecule has 2 rings (SSSR count). The molecule has 31 heavy (non-hydrogen) atoms. The van der Waals surface area contributed by atoms with Crippen molar-refractivity contribution in [3.05, 3.63) is 24.0 Å². The van der Waals surface area contributed by atoms with E-state index in [0.29, 0.717) is 5.76 Å². The molecule has 0 aromatic heterocycles. The Kier molecular flexibility index (Phi) is 10.2. The van der Waals surface area contributed by atoms with Gasteiger partial charge in [-0.1, -0.05) is 46.0 Å². The molecule has 2 amide bonds. The van der Waals surface area contributed by atoms with Gasteiger partial charge in [0.1, 0.15) is 12.4 Å². The molecule has 2 aliphatic rings. The van der Waals surface area contributed by atoms with Crippen LogP contribution in [0.4, 0.5) is 4.79 Å². The molecule has 0 aliphatic carbocycles. The highest BCUT2D eigenvalue weighted by Crippen LogP contribution is 2.26. The number of rotatable bonds is 12. The maximum Gasteiger partial charge on any atom is 0.416 e. The van der Waals surface area contributed by atoms with Crippen molar-refractivity contribution in [2.45, 2.75) is 84.3 Å². The molecule has 0 aromatic rings. The minimum atomic E-state index is -0.934. The molecule has 0 saturated carbocycles. The predicted molar refractivity (Wildman–Crippen MR) is 117 cm³/mol. The van der Waals surface area contributed by atoms with E-state index >= 15 is 0 Å². The van der Waals surface area contributed by atoms with Crippen LogP contribution in [0.5, 0.6) is 0 Å². The van der Waals surface area contributed by atoms with Crippen molar-refractivity contribution in [3.63, 3.8) is 0 Å². The standard InChI is InChI=1S/C24H37NO6/c1-17(2)20-16-30-24(29)25(20)23(28)18(3)22-21(27)14-13-19(31-22)12-10-8-6-4-5-7-9-11-15-26/h12-14,17-18,20,22,26H,4-11,15-16H2,1-3H3/t18-,20+,22+/m1/s1. The summed E-state index contributed by atoms with van der Waals surface area (Å²) in [4.78, 5) is 38.6. The molecule has 1 fully saturated rings. The number of ketones is 1. The number of imide groups is 1. The smallest absolute Gasteiger partial charge is 0.416 e. The first-order valence-corrected chi connectivity index (χ1v) is 11.6. The highest BCUT2D eigenvalue weighted by atomic mass is 16.6. The molecule has 1 N–H and O–H groups in total. The zero-order valence-electron chi connectivity index (χ0n) is 19.0. The number of carbonyl (C=O) groups excluding carboxylic acids is 3. The highest BCUT2D eigenvalue weighted by Gasteiger charge is 2.44. The summed E-state index contributed by atoms with van der Waals surface area (Å²) in [7, 11) is 0. The van der Waals surface area contributed by atoms with Gasteiger partial charge in [0.2, 0.25) is 5.91 Å². The molecule has 0 bridgehead atoms. The average molecular weight is 436 g/mol. The second kappa shape index (κ2) is 12.6. The molecule has 7 nitrogen and oxygen atoms in total. The van der Waals surface area contributed by atoms with Gasteiger partial charge in [-0.05, 0) is 50.3 Å². The number of hydrogen-bond donors (Lipinski definition) is 1.